The summed E-state index contributed by atoms with van der Waals surface area (Å²) in [6, 6.07) is 5.60. The lowest BCUT2D eigenvalue weighted by Gasteiger charge is -2.36. The predicted molar refractivity (Wildman–Crippen MR) is 76.6 cm³/mol. The van der Waals surface area contributed by atoms with Crippen LogP contribution in [0.3, 0.4) is 0 Å². The van der Waals surface area contributed by atoms with Crippen LogP contribution >= 0.6 is 11.6 Å². The molecule has 2 rings (SSSR count). The van der Waals surface area contributed by atoms with Gasteiger partial charge in [-0.15, -0.1) is 0 Å². The summed E-state index contributed by atoms with van der Waals surface area (Å²) in [4.78, 5) is 14.5. The number of aliphatic hydroxyl groups is 1. The van der Waals surface area contributed by atoms with E-state index in [1.54, 1.807) is 6.07 Å². The number of nitrogens with zero attached hydrogens (tertiary/aromatic N) is 1. The Hall–Kier alpha value is -1.06. The van der Waals surface area contributed by atoms with Crippen molar-refractivity contribution >= 4 is 17.5 Å². The molecule has 1 atom stereocenters. The molecule has 104 valence electrons. The first-order chi connectivity index (χ1) is 9.15. The van der Waals surface area contributed by atoms with Crippen LogP contribution in [0, 0.1) is 6.92 Å². The maximum atomic E-state index is 12.6. The monoisotopic (exact) mass is 281 g/mol. The van der Waals surface area contributed by atoms with Crippen LogP contribution in [0.5, 0.6) is 0 Å². The van der Waals surface area contributed by atoms with Crippen molar-refractivity contribution in [2.75, 3.05) is 13.2 Å². The molecule has 0 radical (unpaired) electrons. The third kappa shape index (κ3) is 3.10. The van der Waals surface area contributed by atoms with Crippen LogP contribution in [0.15, 0.2) is 18.2 Å². The molecule has 1 aliphatic heterocycles. The van der Waals surface area contributed by atoms with Crippen molar-refractivity contribution in [2.45, 2.75) is 38.6 Å². The van der Waals surface area contributed by atoms with E-state index in [9.17, 15) is 4.79 Å². The zero-order valence-corrected chi connectivity index (χ0v) is 12.0. The maximum absolute atomic E-state index is 12.6. The fourth-order valence-corrected chi connectivity index (χ4v) is 2.89. The number of amides is 1. The van der Waals surface area contributed by atoms with Crippen molar-refractivity contribution in [1.82, 2.24) is 4.90 Å². The van der Waals surface area contributed by atoms with E-state index in [1.807, 2.05) is 24.0 Å². The van der Waals surface area contributed by atoms with Gasteiger partial charge in [-0.1, -0.05) is 17.7 Å². The van der Waals surface area contributed by atoms with Crippen molar-refractivity contribution in [3.05, 3.63) is 34.3 Å². The van der Waals surface area contributed by atoms with Gasteiger partial charge in [-0.25, -0.2) is 0 Å². The molecule has 1 unspecified atom stereocenters. The lowest BCUT2D eigenvalue weighted by molar-refractivity contribution is 0.0574. The standard InChI is InChI=1S/C15H20ClNO2/c1-11-13(6-4-7-14(11)16)15(19)17-9-3-2-5-12(17)8-10-18/h4,6-7,12,18H,2-3,5,8-10H2,1H3. The summed E-state index contributed by atoms with van der Waals surface area (Å²) in [5, 5.41) is 9.75. The minimum absolute atomic E-state index is 0.0400. The van der Waals surface area contributed by atoms with Crippen LogP contribution in [0.4, 0.5) is 0 Å². The topological polar surface area (TPSA) is 40.5 Å². The second-order valence-corrected chi connectivity index (χ2v) is 5.48. The Bertz CT molecular complexity index is 459. The van der Waals surface area contributed by atoms with Gasteiger partial charge in [-0.2, -0.15) is 0 Å². The fraction of sp³-hybridized carbons (Fsp3) is 0.533. The highest BCUT2D eigenvalue weighted by molar-refractivity contribution is 6.31. The highest BCUT2D eigenvalue weighted by Gasteiger charge is 2.27. The normalized spacial score (nSPS) is 19.5. The Balaban J connectivity index is 2.23. The molecule has 0 aliphatic carbocycles. The molecule has 1 N–H and O–H groups in total. The highest BCUT2D eigenvalue weighted by Crippen LogP contribution is 2.25. The van der Waals surface area contributed by atoms with Crippen molar-refractivity contribution in [3.63, 3.8) is 0 Å². The number of aliphatic hydroxyl groups excluding tert-OH is 1. The molecule has 0 spiro atoms. The summed E-state index contributed by atoms with van der Waals surface area (Å²) in [6.07, 6.45) is 3.80. The van der Waals surface area contributed by atoms with Crippen molar-refractivity contribution in [2.24, 2.45) is 0 Å². The number of carbonyl (C=O) groups excluding carboxylic acids is 1. The van der Waals surface area contributed by atoms with Gasteiger partial charge in [0.05, 0.1) is 0 Å². The molecule has 1 saturated heterocycles. The number of piperidine rings is 1. The number of rotatable bonds is 3. The van der Waals surface area contributed by atoms with E-state index < -0.39 is 0 Å². The Labute approximate surface area is 119 Å². The van der Waals surface area contributed by atoms with Gasteiger partial charge in [0.15, 0.2) is 0 Å². The molecular formula is C15H20ClNO2. The summed E-state index contributed by atoms with van der Waals surface area (Å²) in [5.74, 6) is 0.0400. The van der Waals surface area contributed by atoms with Crippen LogP contribution in [-0.2, 0) is 0 Å². The molecule has 1 aliphatic rings. The minimum atomic E-state index is 0.0400. The zero-order valence-electron chi connectivity index (χ0n) is 11.2. The van der Waals surface area contributed by atoms with Crippen LogP contribution in [0.25, 0.3) is 0 Å². The molecule has 1 fully saturated rings. The molecule has 1 aromatic rings. The third-order valence-electron chi connectivity index (χ3n) is 3.85. The second-order valence-electron chi connectivity index (χ2n) is 5.07. The first-order valence-electron chi connectivity index (χ1n) is 6.82. The molecule has 1 aromatic carbocycles. The van der Waals surface area contributed by atoms with Gasteiger partial charge >= 0.3 is 0 Å². The predicted octanol–water partition coefficient (Wildman–Crippen LogP) is 3.03. The van der Waals surface area contributed by atoms with E-state index in [-0.39, 0.29) is 18.6 Å². The van der Waals surface area contributed by atoms with Crippen LogP contribution in [0.1, 0.15) is 41.6 Å². The van der Waals surface area contributed by atoms with E-state index in [2.05, 4.69) is 0 Å². The smallest absolute Gasteiger partial charge is 0.254 e. The van der Waals surface area contributed by atoms with Crippen molar-refractivity contribution in [1.29, 1.82) is 0 Å². The molecule has 3 nitrogen and oxygen atoms in total. The van der Waals surface area contributed by atoms with Gasteiger partial charge in [-0.3, -0.25) is 4.79 Å². The Morgan fingerprint density at radius 2 is 2.26 bits per heavy atom. The van der Waals surface area contributed by atoms with Gasteiger partial charge in [-0.05, 0) is 50.3 Å². The maximum Gasteiger partial charge on any atom is 0.254 e. The van der Waals surface area contributed by atoms with Crippen LogP contribution in [-0.4, -0.2) is 35.1 Å². The molecular weight excluding hydrogens is 262 g/mol. The number of likely N-dealkylation sites (tertiary alicyclic amines) is 1. The van der Waals surface area contributed by atoms with Gasteiger partial charge in [0.25, 0.3) is 5.91 Å². The van der Waals surface area contributed by atoms with E-state index in [0.29, 0.717) is 17.0 Å². The number of halogens is 1. The Kier molecular flexibility index (Phi) is 4.83. The highest BCUT2D eigenvalue weighted by atomic mass is 35.5. The summed E-state index contributed by atoms with van der Waals surface area (Å²) < 4.78 is 0. The molecule has 1 heterocycles. The molecule has 19 heavy (non-hydrogen) atoms. The summed E-state index contributed by atoms with van der Waals surface area (Å²) in [6.45, 7) is 2.78. The lowest BCUT2D eigenvalue weighted by atomic mass is 9.97. The second kappa shape index (κ2) is 6.40. The number of hydrogen-bond acceptors (Lipinski definition) is 2. The third-order valence-corrected chi connectivity index (χ3v) is 4.26. The molecule has 1 amide bonds. The fourth-order valence-electron chi connectivity index (χ4n) is 2.71. The summed E-state index contributed by atoms with van der Waals surface area (Å²) in [5.41, 5.74) is 1.51. The van der Waals surface area contributed by atoms with Crippen molar-refractivity contribution in [3.8, 4) is 0 Å². The SMILES string of the molecule is Cc1c(Cl)cccc1C(=O)N1CCCCC1CCO. The van der Waals surface area contributed by atoms with Gasteiger partial charge < -0.3 is 10.0 Å². The average Bonchev–Trinajstić information content (AvgIpc) is 2.42. The molecule has 0 saturated carbocycles. The number of carbonyl (C=O) groups is 1. The van der Waals surface area contributed by atoms with Gasteiger partial charge in [0.1, 0.15) is 0 Å². The molecule has 0 aromatic heterocycles. The quantitative estimate of drug-likeness (QED) is 0.925. The van der Waals surface area contributed by atoms with Crippen molar-refractivity contribution < 1.29 is 9.90 Å². The number of hydrogen-bond donors (Lipinski definition) is 1. The van der Waals surface area contributed by atoms with Gasteiger partial charge in [0, 0.05) is 29.8 Å². The van der Waals surface area contributed by atoms with Crippen LogP contribution < -0.4 is 0 Å². The summed E-state index contributed by atoms with van der Waals surface area (Å²) in [7, 11) is 0. The largest absolute Gasteiger partial charge is 0.396 e. The van der Waals surface area contributed by atoms with E-state index >= 15 is 0 Å². The molecule has 0 bridgehead atoms. The summed E-state index contributed by atoms with van der Waals surface area (Å²) >= 11 is 6.08. The Morgan fingerprint density at radius 3 is 3.00 bits per heavy atom. The van der Waals surface area contributed by atoms with E-state index in [1.165, 1.54) is 0 Å². The first kappa shape index (κ1) is 14.4. The first-order valence-corrected chi connectivity index (χ1v) is 7.20. The zero-order chi connectivity index (χ0) is 13.8. The van der Waals surface area contributed by atoms with E-state index in [0.717, 1.165) is 31.4 Å². The van der Waals surface area contributed by atoms with Crippen LogP contribution in [0.2, 0.25) is 5.02 Å². The molecule has 4 heteroatoms. The van der Waals surface area contributed by atoms with Gasteiger partial charge in [0.2, 0.25) is 0 Å². The lowest BCUT2D eigenvalue weighted by Crippen LogP contribution is -2.44. The average molecular weight is 282 g/mol. The Morgan fingerprint density at radius 1 is 1.47 bits per heavy atom. The number of benzene rings is 1. The van der Waals surface area contributed by atoms with E-state index in [4.69, 9.17) is 16.7 Å². The minimum Gasteiger partial charge on any atom is -0.396 e.